The van der Waals surface area contributed by atoms with Crippen LogP contribution < -0.4 is 9.62 Å². The number of benzene rings is 4. The first kappa shape index (κ1) is 33.1. The average Bonchev–Trinajstić information content (AvgIpc) is 3.00. The molecular weight excluding hydrogens is 617 g/mol. The lowest BCUT2D eigenvalue weighted by atomic mass is 10.0. The van der Waals surface area contributed by atoms with Crippen molar-refractivity contribution in [1.29, 1.82) is 0 Å². The summed E-state index contributed by atoms with van der Waals surface area (Å²) in [6.45, 7) is 4.87. The van der Waals surface area contributed by atoms with E-state index in [4.69, 9.17) is 23.2 Å². The number of anilines is 1. The Hall–Kier alpha value is -3.85. The van der Waals surface area contributed by atoms with E-state index in [2.05, 4.69) is 5.32 Å². The highest BCUT2D eigenvalue weighted by atomic mass is 35.5. The van der Waals surface area contributed by atoms with Crippen molar-refractivity contribution in [3.63, 3.8) is 0 Å². The van der Waals surface area contributed by atoms with Crippen LogP contribution in [0.1, 0.15) is 30.5 Å². The van der Waals surface area contributed by atoms with E-state index in [1.807, 2.05) is 51.1 Å². The van der Waals surface area contributed by atoms with Crippen LogP contribution in [0.5, 0.6) is 0 Å². The quantitative estimate of drug-likeness (QED) is 0.186. The molecule has 0 heterocycles. The summed E-state index contributed by atoms with van der Waals surface area (Å²) in [4.78, 5) is 29.7. The number of sulfonamides is 1. The average molecular weight is 653 g/mol. The topological polar surface area (TPSA) is 86.8 Å². The molecule has 4 aromatic carbocycles. The fraction of sp³-hybridized carbons (Fsp3) is 0.235. The van der Waals surface area contributed by atoms with Crippen molar-refractivity contribution in [3.8, 4) is 0 Å². The van der Waals surface area contributed by atoms with Crippen LogP contribution in [0.3, 0.4) is 0 Å². The van der Waals surface area contributed by atoms with Gasteiger partial charge in [-0.2, -0.15) is 0 Å². The molecule has 1 N–H and O–H groups in total. The zero-order valence-electron chi connectivity index (χ0n) is 24.8. The van der Waals surface area contributed by atoms with Crippen LogP contribution in [0.4, 0.5) is 5.69 Å². The molecule has 0 fully saturated rings. The molecular formula is C34H35Cl2N3O4S. The smallest absolute Gasteiger partial charge is 0.264 e. The van der Waals surface area contributed by atoms with Crippen LogP contribution in [0.25, 0.3) is 0 Å². The largest absolute Gasteiger partial charge is 0.352 e. The summed E-state index contributed by atoms with van der Waals surface area (Å²) in [5.74, 6) is -0.978. The monoisotopic (exact) mass is 651 g/mol. The maximum Gasteiger partial charge on any atom is 0.264 e. The predicted octanol–water partition coefficient (Wildman–Crippen LogP) is 6.66. The third kappa shape index (κ3) is 8.20. The third-order valence-corrected chi connectivity index (χ3v) is 9.52. The molecule has 0 spiro atoms. The van der Waals surface area contributed by atoms with Crippen LogP contribution in [-0.2, 0) is 32.6 Å². The van der Waals surface area contributed by atoms with Crippen LogP contribution in [0.15, 0.2) is 108 Å². The number of halogens is 2. The highest BCUT2D eigenvalue weighted by Gasteiger charge is 2.35. The van der Waals surface area contributed by atoms with E-state index in [1.165, 1.54) is 17.0 Å². The fourth-order valence-corrected chi connectivity index (χ4v) is 6.70. The standard InChI is InChI=1S/C34H35Cl2N3O4S/c1-24(2)37-34(41)32(21-26-11-6-4-7-12-26)38(22-29-30(35)15-10-16-31(29)36)33(40)23-39(27-19-17-25(3)18-20-27)44(42,43)28-13-8-5-9-14-28/h4-20,24,32H,21-23H2,1-3H3,(H,37,41)/t32-/m0/s1. The van der Waals surface area contributed by atoms with Crippen molar-refractivity contribution in [2.45, 2.75) is 50.7 Å². The second-order valence-corrected chi connectivity index (χ2v) is 13.4. The number of nitrogens with one attached hydrogen (secondary N) is 1. The minimum Gasteiger partial charge on any atom is -0.352 e. The van der Waals surface area contributed by atoms with Gasteiger partial charge >= 0.3 is 0 Å². The third-order valence-electron chi connectivity index (χ3n) is 7.02. The lowest BCUT2D eigenvalue weighted by Gasteiger charge is -2.34. The number of rotatable bonds is 12. The molecule has 4 rings (SSSR count). The maximum absolute atomic E-state index is 14.5. The Morgan fingerprint density at radius 1 is 0.795 bits per heavy atom. The summed E-state index contributed by atoms with van der Waals surface area (Å²) < 4.78 is 29.1. The fourth-order valence-electron chi connectivity index (χ4n) is 4.75. The molecule has 44 heavy (non-hydrogen) atoms. The number of hydrogen-bond donors (Lipinski definition) is 1. The molecule has 1 atom stereocenters. The summed E-state index contributed by atoms with van der Waals surface area (Å²) in [5, 5.41) is 3.58. The molecule has 0 aliphatic heterocycles. The van der Waals surface area contributed by atoms with Gasteiger partial charge in [-0.25, -0.2) is 8.42 Å². The normalized spacial score (nSPS) is 12.0. The molecule has 10 heteroatoms. The van der Waals surface area contributed by atoms with E-state index in [1.54, 1.807) is 60.7 Å². The Morgan fingerprint density at radius 2 is 1.36 bits per heavy atom. The highest BCUT2D eigenvalue weighted by Crippen LogP contribution is 2.29. The van der Waals surface area contributed by atoms with Gasteiger partial charge in [0.25, 0.3) is 10.0 Å². The van der Waals surface area contributed by atoms with Crippen LogP contribution in [-0.4, -0.2) is 43.8 Å². The number of carbonyl (C=O) groups excluding carboxylic acids is 2. The molecule has 0 unspecified atom stereocenters. The Balaban J connectivity index is 1.83. The molecule has 2 amide bonds. The Kier molecular flexibility index (Phi) is 11.1. The van der Waals surface area contributed by atoms with Gasteiger partial charge in [0.1, 0.15) is 12.6 Å². The van der Waals surface area contributed by atoms with E-state index in [-0.39, 0.29) is 29.8 Å². The molecule has 0 aliphatic rings. The zero-order chi connectivity index (χ0) is 31.9. The van der Waals surface area contributed by atoms with Crippen LogP contribution in [0, 0.1) is 6.92 Å². The SMILES string of the molecule is Cc1ccc(N(CC(=O)N(Cc2c(Cl)cccc2Cl)[C@@H](Cc2ccccc2)C(=O)NC(C)C)S(=O)(=O)c2ccccc2)cc1. The van der Waals surface area contributed by atoms with Crippen molar-refractivity contribution < 1.29 is 18.0 Å². The van der Waals surface area contributed by atoms with Crippen molar-refractivity contribution in [3.05, 3.63) is 130 Å². The first-order valence-electron chi connectivity index (χ1n) is 14.2. The van der Waals surface area contributed by atoms with Gasteiger partial charge in [0.05, 0.1) is 10.6 Å². The first-order valence-corrected chi connectivity index (χ1v) is 16.4. The lowest BCUT2D eigenvalue weighted by Crippen LogP contribution is -2.54. The Labute approximate surface area is 269 Å². The Morgan fingerprint density at radius 3 is 1.93 bits per heavy atom. The van der Waals surface area contributed by atoms with E-state index in [9.17, 15) is 18.0 Å². The van der Waals surface area contributed by atoms with Gasteiger partial charge in [-0.05, 0) is 62.7 Å². The summed E-state index contributed by atoms with van der Waals surface area (Å²) >= 11 is 13.1. The van der Waals surface area contributed by atoms with E-state index in [0.29, 0.717) is 21.3 Å². The number of carbonyl (C=O) groups is 2. The van der Waals surface area contributed by atoms with E-state index in [0.717, 1.165) is 15.4 Å². The van der Waals surface area contributed by atoms with E-state index < -0.39 is 28.5 Å². The molecule has 0 radical (unpaired) electrons. The van der Waals surface area contributed by atoms with E-state index >= 15 is 0 Å². The van der Waals surface area contributed by atoms with Gasteiger partial charge in [-0.15, -0.1) is 0 Å². The van der Waals surface area contributed by atoms with Crippen molar-refractivity contribution >= 4 is 50.7 Å². The lowest BCUT2D eigenvalue weighted by molar-refractivity contribution is -0.140. The predicted molar refractivity (Wildman–Crippen MR) is 176 cm³/mol. The molecule has 0 saturated heterocycles. The second kappa shape index (κ2) is 14.8. The number of nitrogens with zero attached hydrogens (tertiary/aromatic N) is 2. The van der Waals surface area contributed by atoms with Crippen molar-refractivity contribution in [2.24, 2.45) is 0 Å². The molecule has 230 valence electrons. The maximum atomic E-state index is 14.5. The molecule has 0 aliphatic carbocycles. The van der Waals surface area contributed by atoms with Crippen LogP contribution in [0.2, 0.25) is 10.0 Å². The summed E-state index contributed by atoms with van der Waals surface area (Å²) in [7, 11) is -4.18. The first-order chi connectivity index (χ1) is 21.0. The van der Waals surface area contributed by atoms with Crippen molar-refractivity contribution in [2.75, 3.05) is 10.8 Å². The van der Waals surface area contributed by atoms with Crippen molar-refractivity contribution in [1.82, 2.24) is 10.2 Å². The molecule has 0 aromatic heterocycles. The number of amides is 2. The van der Waals surface area contributed by atoms with Crippen LogP contribution >= 0.6 is 23.2 Å². The van der Waals surface area contributed by atoms with Gasteiger partial charge in [-0.3, -0.25) is 13.9 Å². The minimum atomic E-state index is -4.18. The second-order valence-electron chi connectivity index (χ2n) is 10.8. The summed E-state index contributed by atoms with van der Waals surface area (Å²) in [6, 6.07) is 27.9. The molecule has 0 bridgehead atoms. The van der Waals surface area contributed by atoms with Gasteiger partial charge in [-0.1, -0.05) is 95.5 Å². The van der Waals surface area contributed by atoms with Gasteiger partial charge < -0.3 is 10.2 Å². The summed E-state index contributed by atoms with van der Waals surface area (Å²) in [5.41, 5.74) is 2.52. The van der Waals surface area contributed by atoms with Gasteiger partial charge in [0.2, 0.25) is 11.8 Å². The Bertz CT molecular complexity index is 1660. The highest BCUT2D eigenvalue weighted by molar-refractivity contribution is 7.92. The summed E-state index contributed by atoms with van der Waals surface area (Å²) in [6.07, 6.45) is 0.184. The minimum absolute atomic E-state index is 0.0347. The van der Waals surface area contributed by atoms with Gasteiger partial charge in [0, 0.05) is 34.6 Å². The molecule has 7 nitrogen and oxygen atoms in total. The number of hydrogen-bond acceptors (Lipinski definition) is 4. The van der Waals surface area contributed by atoms with Gasteiger partial charge in [0.15, 0.2) is 0 Å². The molecule has 4 aromatic rings. The number of aryl methyl sites for hydroxylation is 1. The zero-order valence-corrected chi connectivity index (χ0v) is 27.1. The molecule has 0 saturated carbocycles.